The van der Waals surface area contributed by atoms with Gasteiger partial charge in [-0.1, -0.05) is 49.7 Å². The molecule has 32 heavy (non-hydrogen) atoms. The molecule has 0 aliphatic carbocycles. The zero-order valence-electron chi connectivity index (χ0n) is 19.9. The Hall–Kier alpha value is -2.56. The minimum Gasteiger partial charge on any atom is -0.496 e. The molecular formula is C25H34BrNO5. The normalized spacial score (nSPS) is 13.0. The van der Waals surface area contributed by atoms with Crippen molar-refractivity contribution in [1.82, 2.24) is 0 Å². The number of aliphatic hydroxyl groups is 1. The summed E-state index contributed by atoms with van der Waals surface area (Å²) in [5.74, 6) is 1.69. The molecule has 1 aromatic carbocycles. The molecule has 0 aromatic heterocycles. The predicted octanol–water partition coefficient (Wildman–Crippen LogP) is 6.29. The zero-order valence-corrected chi connectivity index (χ0v) is 21.5. The maximum absolute atomic E-state index is 10.7. The van der Waals surface area contributed by atoms with Crippen LogP contribution in [0.25, 0.3) is 0 Å². The zero-order chi connectivity index (χ0) is 24.7. The van der Waals surface area contributed by atoms with Gasteiger partial charge in [0.1, 0.15) is 23.9 Å². The smallest absolute Gasteiger partial charge is 0.293 e. The molecule has 0 aliphatic heterocycles. The van der Waals surface area contributed by atoms with E-state index in [1.807, 2.05) is 47.6 Å². The third-order valence-corrected chi connectivity index (χ3v) is 5.24. The standard InChI is InChI=1S/C23H28BrNO5.C2H6/c1-6-19(24)18(13-29-14-26)22(8-7-11-25)30-21-10-9-17(20(27)12-15(2)3)23(28-5)16(21)4;1-2/h6-10,14-15,20,27H,12-13H2,1-5H3;1-2H3/b8-7+,19-6-,22-18+;. The third kappa shape index (κ3) is 8.89. The molecule has 0 heterocycles. The van der Waals surface area contributed by atoms with Crippen molar-refractivity contribution >= 4 is 22.4 Å². The van der Waals surface area contributed by atoms with Crippen molar-refractivity contribution in [2.45, 2.75) is 54.1 Å². The predicted molar refractivity (Wildman–Crippen MR) is 131 cm³/mol. The number of benzene rings is 1. The Morgan fingerprint density at radius 3 is 2.47 bits per heavy atom. The number of hydrogen-bond acceptors (Lipinski definition) is 6. The maximum atomic E-state index is 10.7. The van der Waals surface area contributed by atoms with Crippen LogP contribution >= 0.6 is 15.9 Å². The monoisotopic (exact) mass is 507 g/mol. The molecule has 1 N–H and O–H groups in total. The van der Waals surface area contributed by atoms with Crippen molar-refractivity contribution < 1.29 is 24.1 Å². The number of ether oxygens (including phenoxy) is 3. The van der Waals surface area contributed by atoms with E-state index in [0.29, 0.717) is 57.3 Å². The number of nitrogens with zero attached hydrogens (tertiary/aromatic N) is 1. The summed E-state index contributed by atoms with van der Waals surface area (Å²) in [6.07, 6.45) is 4.51. The Morgan fingerprint density at radius 1 is 1.31 bits per heavy atom. The van der Waals surface area contributed by atoms with Gasteiger partial charge in [-0.3, -0.25) is 4.79 Å². The molecule has 6 nitrogen and oxygen atoms in total. The van der Waals surface area contributed by atoms with E-state index in [-0.39, 0.29) is 6.61 Å². The Bertz CT molecular complexity index is 866. The number of carbonyl (C=O) groups is 1. The molecule has 0 aliphatic rings. The lowest BCUT2D eigenvalue weighted by Gasteiger charge is -2.21. The number of methoxy groups -OCH3 is 1. The largest absolute Gasteiger partial charge is 0.496 e. The summed E-state index contributed by atoms with van der Waals surface area (Å²) in [7, 11) is 1.55. The first kappa shape index (κ1) is 29.4. The van der Waals surface area contributed by atoms with Gasteiger partial charge in [-0.25, -0.2) is 0 Å². The van der Waals surface area contributed by atoms with Gasteiger partial charge in [0.15, 0.2) is 0 Å². The van der Waals surface area contributed by atoms with Gasteiger partial charge in [0, 0.05) is 27.3 Å². The Balaban J connectivity index is 0.00000466. The van der Waals surface area contributed by atoms with Gasteiger partial charge in [-0.05, 0) is 44.4 Å². The summed E-state index contributed by atoms with van der Waals surface area (Å²) >= 11 is 3.43. The molecule has 176 valence electrons. The van der Waals surface area contributed by atoms with E-state index in [1.165, 1.54) is 12.2 Å². The molecule has 0 fully saturated rings. The number of rotatable bonds is 11. The molecular weight excluding hydrogens is 474 g/mol. The molecule has 0 saturated carbocycles. The average molecular weight is 508 g/mol. The van der Waals surface area contributed by atoms with Crippen molar-refractivity contribution in [3.63, 3.8) is 0 Å². The van der Waals surface area contributed by atoms with Crippen LogP contribution in [0.1, 0.15) is 58.3 Å². The Kier molecular flexibility index (Phi) is 14.8. The summed E-state index contributed by atoms with van der Waals surface area (Å²) in [5.41, 5.74) is 1.94. The van der Waals surface area contributed by atoms with Crippen molar-refractivity contribution in [3.8, 4) is 17.6 Å². The second-order valence-electron chi connectivity index (χ2n) is 6.91. The molecule has 1 rings (SSSR count). The van der Waals surface area contributed by atoms with Crippen LogP contribution in [-0.4, -0.2) is 25.3 Å². The highest BCUT2D eigenvalue weighted by Gasteiger charge is 2.20. The van der Waals surface area contributed by atoms with Gasteiger partial charge in [-0.15, -0.1) is 0 Å². The van der Waals surface area contributed by atoms with Crippen LogP contribution in [0.3, 0.4) is 0 Å². The van der Waals surface area contributed by atoms with Crippen molar-refractivity contribution in [2.75, 3.05) is 13.7 Å². The molecule has 0 radical (unpaired) electrons. The average Bonchev–Trinajstić information content (AvgIpc) is 2.78. The van der Waals surface area contributed by atoms with Gasteiger partial charge < -0.3 is 19.3 Å². The number of halogens is 1. The van der Waals surface area contributed by atoms with Gasteiger partial charge in [0.05, 0.1) is 19.3 Å². The van der Waals surface area contributed by atoms with Gasteiger partial charge >= 0.3 is 0 Å². The second-order valence-corrected chi connectivity index (χ2v) is 7.76. The lowest BCUT2D eigenvalue weighted by atomic mass is 9.97. The van der Waals surface area contributed by atoms with Crippen LogP contribution in [0, 0.1) is 24.2 Å². The molecule has 7 heteroatoms. The van der Waals surface area contributed by atoms with Crippen LogP contribution in [0.15, 0.2) is 46.2 Å². The van der Waals surface area contributed by atoms with Crippen LogP contribution in [0.2, 0.25) is 0 Å². The minimum atomic E-state index is -0.657. The highest BCUT2D eigenvalue weighted by Crippen LogP contribution is 2.38. The van der Waals surface area contributed by atoms with Crippen molar-refractivity contribution in [3.05, 3.63) is 57.3 Å². The Morgan fingerprint density at radius 2 is 1.97 bits per heavy atom. The van der Waals surface area contributed by atoms with Gasteiger partial charge in [-0.2, -0.15) is 5.26 Å². The van der Waals surface area contributed by atoms with Crippen LogP contribution in [0.5, 0.6) is 11.5 Å². The van der Waals surface area contributed by atoms with Gasteiger partial charge in [0.25, 0.3) is 6.47 Å². The van der Waals surface area contributed by atoms with E-state index in [1.54, 1.807) is 25.3 Å². The number of hydrogen-bond donors (Lipinski definition) is 1. The summed E-state index contributed by atoms with van der Waals surface area (Å²) in [6, 6.07) is 5.45. The highest BCUT2D eigenvalue weighted by atomic mass is 79.9. The number of carbonyl (C=O) groups excluding carboxylic acids is 1. The lowest BCUT2D eigenvalue weighted by molar-refractivity contribution is -0.127. The molecule has 0 amide bonds. The molecule has 1 atom stereocenters. The van der Waals surface area contributed by atoms with Crippen molar-refractivity contribution in [1.29, 1.82) is 5.26 Å². The topological polar surface area (TPSA) is 88.8 Å². The Labute approximate surface area is 200 Å². The first-order chi connectivity index (χ1) is 15.3. The summed E-state index contributed by atoms with van der Waals surface area (Å²) in [6.45, 7) is 12.0. The molecule has 1 aromatic rings. The van der Waals surface area contributed by atoms with Crippen LogP contribution < -0.4 is 9.47 Å². The molecule has 0 bridgehead atoms. The van der Waals surface area contributed by atoms with E-state index in [0.717, 1.165) is 0 Å². The number of aliphatic hydroxyl groups excluding tert-OH is 1. The maximum Gasteiger partial charge on any atom is 0.293 e. The lowest BCUT2D eigenvalue weighted by Crippen LogP contribution is -2.08. The minimum absolute atomic E-state index is 0.0408. The van der Waals surface area contributed by atoms with E-state index in [9.17, 15) is 9.90 Å². The van der Waals surface area contributed by atoms with E-state index in [4.69, 9.17) is 19.5 Å². The second kappa shape index (κ2) is 16.1. The first-order valence-electron chi connectivity index (χ1n) is 10.5. The fourth-order valence-electron chi connectivity index (χ4n) is 2.89. The summed E-state index contributed by atoms with van der Waals surface area (Å²) in [5, 5.41) is 19.5. The fourth-order valence-corrected chi connectivity index (χ4v) is 3.20. The molecule has 0 saturated heterocycles. The summed E-state index contributed by atoms with van der Waals surface area (Å²) in [4.78, 5) is 10.7. The number of allylic oxidation sites excluding steroid dienone is 3. The first-order valence-corrected chi connectivity index (χ1v) is 11.3. The third-order valence-electron chi connectivity index (χ3n) is 4.31. The van der Waals surface area contributed by atoms with E-state index >= 15 is 0 Å². The fraction of sp³-hybridized carbons (Fsp3) is 0.440. The summed E-state index contributed by atoms with van der Waals surface area (Å²) < 4.78 is 17.2. The molecule has 0 spiro atoms. The van der Waals surface area contributed by atoms with Crippen LogP contribution in [-0.2, 0) is 9.53 Å². The van der Waals surface area contributed by atoms with Crippen molar-refractivity contribution in [2.24, 2.45) is 5.92 Å². The van der Waals surface area contributed by atoms with E-state index in [2.05, 4.69) is 15.9 Å². The quantitative estimate of drug-likeness (QED) is 0.164. The van der Waals surface area contributed by atoms with Crippen LogP contribution in [0.4, 0.5) is 0 Å². The highest BCUT2D eigenvalue weighted by molar-refractivity contribution is 9.12. The number of nitriles is 1. The SMILES string of the molecule is C/C=C(Br)/C(COC=O)=C(\C=C\C#N)Oc1ccc(C(O)CC(C)C)c(OC)c1C.CC. The van der Waals surface area contributed by atoms with Gasteiger partial charge in [0.2, 0.25) is 0 Å². The molecule has 1 unspecified atom stereocenters. The van der Waals surface area contributed by atoms with E-state index < -0.39 is 6.10 Å².